The molecule has 1 aromatic carbocycles. The lowest BCUT2D eigenvalue weighted by atomic mass is 10.2. The van der Waals surface area contributed by atoms with Crippen LogP contribution in [0.25, 0.3) is 0 Å². The predicted octanol–water partition coefficient (Wildman–Crippen LogP) is 1.37. The maximum absolute atomic E-state index is 12.1. The molecule has 0 aromatic heterocycles. The third-order valence-electron chi connectivity index (χ3n) is 3.62. The summed E-state index contributed by atoms with van der Waals surface area (Å²) in [6, 6.07) is 8.14. The normalized spacial score (nSPS) is 13.2. The minimum atomic E-state index is -0.820. The van der Waals surface area contributed by atoms with Gasteiger partial charge in [0.25, 0.3) is 0 Å². The van der Waals surface area contributed by atoms with E-state index in [1.165, 1.54) is 5.56 Å². The number of benzene rings is 1. The first-order valence-electron chi connectivity index (χ1n) is 6.86. The molecule has 1 aliphatic heterocycles. The number of carbonyl (C=O) groups excluding carboxylic acids is 1. The van der Waals surface area contributed by atoms with Gasteiger partial charge in [0.15, 0.2) is 0 Å². The van der Waals surface area contributed by atoms with Gasteiger partial charge in [-0.25, -0.2) is 0 Å². The maximum atomic E-state index is 12.1. The van der Waals surface area contributed by atoms with Gasteiger partial charge in [0.05, 0.1) is 6.54 Å². The smallest absolute Gasteiger partial charge is 0.303 e. The molecule has 20 heavy (non-hydrogen) atoms. The largest absolute Gasteiger partial charge is 0.481 e. The van der Waals surface area contributed by atoms with E-state index in [1.807, 2.05) is 18.2 Å². The van der Waals surface area contributed by atoms with E-state index < -0.39 is 5.97 Å². The van der Waals surface area contributed by atoms with Gasteiger partial charge >= 0.3 is 5.97 Å². The summed E-state index contributed by atoms with van der Waals surface area (Å²) >= 11 is 0. The lowest BCUT2D eigenvalue weighted by molar-refractivity contribution is -0.137. The van der Waals surface area contributed by atoms with Crippen molar-refractivity contribution in [2.75, 3.05) is 31.6 Å². The van der Waals surface area contributed by atoms with Crippen LogP contribution in [0, 0.1) is 0 Å². The molecule has 0 radical (unpaired) electrons. The van der Waals surface area contributed by atoms with E-state index >= 15 is 0 Å². The fourth-order valence-electron chi connectivity index (χ4n) is 2.45. The molecule has 2 rings (SSSR count). The van der Waals surface area contributed by atoms with Crippen LogP contribution in [0.5, 0.6) is 0 Å². The van der Waals surface area contributed by atoms with E-state index in [9.17, 15) is 9.59 Å². The van der Waals surface area contributed by atoms with E-state index in [0.29, 0.717) is 19.5 Å². The summed E-state index contributed by atoms with van der Waals surface area (Å²) in [6.45, 7) is 1.72. The summed E-state index contributed by atoms with van der Waals surface area (Å²) in [5.41, 5.74) is 2.42. The molecular weight excluding hydrogens is 256 g/mol. The molecule has 1 aromatic rings. The van der Waals surface area contributed by atoms with Crippen molar-refractivity contribution in [3.8, 4) is 0 Å². The zero-order chi connectivity index (χ0) is 14.5. The Balaban J connectivity index is 1.84. The highest BCUT2D eigenvalue weighted by Crippen LogP contribution is 2.26. The molecule has 0 fully saturated rings. The van der Waals surface area contributed by atoms with Crippen LogP contribution in [0.2, 0.25) is 0 Å². The van der Waals surface area contributed by atoms with E-state index in [4.69, 9.17) is 5.11 Å². The van der Waals surface area contributed by atoms with Crippen LogP contribution in [0.15, 0.2) is 24.3 Å². The van der Waals surface area contributed by atoms with Crippen LogP contribution in [-0.2, 0) is 16.0 Å². The lowest BCUT2D eigenvalue weighted by Crippen LogP contribution is -2.38. The van der Waals surface area contributed by atoms with Gasteiger partial charge in [-0.2, -0.15) is 0 Å². The monoisotopic (exact) mass is 276 g/mol. The first-order chi connectivity index (χ1) is 9.58. The summed E-state index contributed by atoms with van der Waals surface area (Å²) in [5.74, 6) is -0.786. The molecule has 1 aliphatic rings. The van der Waals surface area contributed by atoms with Crippen LogP contribution in [0.3, 0.4) is 0 Å². The number of para-hydroxylation sites is 1. The Morgan fingerprint density at radius 2 is 2.10 bits per heavy atom. The lowest BCUT2D eigenvalue weighted by Gasteiger charge is -2.23. The highest BCUT2D eigenvalue weighted by Gasteiger charge is 2.21. The second kappa shape index (κ2) is 6.41. The Morgan fingerprint density at radius 3 is 2.85 bits per heavy atom. The zero-order valence-corrected chi connectivity index (χ0v) is 11.7. The number of carboxylic acid groups (broad SMARTS) is 1. The van der Waals surface area contributed by atoms with Crippen LogP contribution in [-0.4, -0.2) is 48.6 Å². The van der Waals surface area contributed by atoms with Gasteiger partial charge in [-0.1, -0.05) is 18.2 Å². The fraction of sp³-hybridized carbons (Fsp3) is 0.467. The number of hydrogen-bond donors (Lipinski definition) is 1. The average Bonchev–Trinajstić information content (AvgIpc) is 2.81. The number of amides is 1. The molecule has 1 amide bonds. The van der Waals surface area contributed by atoms with Crippen LogP contribution in [0.1, 0.15) is 18.4 Å². The van der Waals surface area contributed by atoms with Gasteiger partial charge in [0.2, 0.25) is 5.91 Å². The summed E-state index contributed by atoms with van der Waals surface area (Å²) in [6.07, 6.45) is 1.57. The van der Waals surface area contributed by atoms with Crippen molar-refractivity contribution in [2.24, 2.45) is 0 Å². The van der Waals surface area contributed by atoms with E-state index in [0.717, 1.165) is 18.7 Å². The van der Waals surface area contributed by atoms with Gasteiger partial charge in [-0.15, -0.1) is 0 Å². The molecule has 1 heterocycles. The summed E-state index contributed by atoms with van der Waals surface area (Å²) < 4.78 is 0. The zero-order valence-electron chi connectivity index (χ0n) is 11.7. The molecule has 108 valence electrons. The predicted molar refractivity (Wildman–Crippen MR) is 76.9 cm³/mol. The first kappa shape index (κ1) is 14.4. The van der Waals surface area contributed by atoms with Crippen molar-refractivity contribution >= 4 is 17.6 Å². The van der Waals surface area contributed by atoms with Gasteiger partial charge < -0.3 is 14.9 Å². The minimum absolute atomic E-state index is 0.0343. The molecule has 5 nitrogen and oxygen atoms in total. The number of carboxylic acids is 1. The molecule has 1 N–H and O–H groups in total. The first-order valence-corrected chi connectivity index (χ1v) is 6.86. The standard InChI is InChI=1S/C15H20N2O3/c1-16(9-4-7-15(19)20)14(18)11-17-10-8-12-5-2-3-6-13(12)17/h2-3,5-6H,4,7-11H2,1H3,(H,19,20). The van der Waals surface area contributed by atoms with Crippen molar-refractivity contribution in [3.05, 3.63) is 29.8 Å². The van der Waals surface area contributed by atoms with Crippen molar-refractivity contribution < 1.29 is 14.7 Å². The fourth-order valence-corrected chi connectivity index (χ4v) is 2.45. The van der Waals surface area contributed by atoms with Crippen molar-refractivity contribution in [3.63, 3.8) is 0 Å². The Morgan fingerprint density at radius 1 is 1.35 bits per heavy atom. The third kappa shape index (κ3) is 3.50. The summed E-state index contributed by atoms with van der Waals surface area (Å²) in [7, 11) is 1.73. The average molecular weight is 276 g/mol. The van der Waals surface area contributed by atoms with Gasteiger partial charge in [-0.05, 0) is 24.5 Å². The number of hydrogen-bond acceptors (Lipinski definition) is 3. The topological polar surface area (TPSA) is 60.9 Å². The SMILES string of the molecule is CN(CCCC(=O)O)C(=O)CN1CCc2ccccc21. The molecule has 0 saturated heterocycles. The van der Waals surface area contributed by atoms with Crippen molar-refractivity contribution in [1.82, 2.24) is 4.90 Å². The highest BCUT2D eigenvalue weighted by atomic mass is 16.4. The third-order valence-corrected chi connectivity index (χ3v) is 3.62. The number of rotatable bonds is 6. The second-order valence-electron chi connectivity index (χ2n) is 5.11. The van der Waals surface area contributed by atoms with Crippen LogP contribution in [0.4, 0.5) is 5.69 Å². The maximum Gasteiger partial charge on any atom is 0.303 e. The van der Waals surface area contributed by atoms with E-state index in [-0.39, 0.29) is 12.3 Å². The molecular formula is C15H20N2O3. The van der Waals surface area contributed by atoms with Crippen LogP contribution >= 0.6 is 0 Å². The van der Waals surface area contributed by atoms with Gasteiger partial charge in [0, 0.05) is 32.2 Å². The van der Waals surface area contributed by atoms with Crippen molar-refractivity contribution in [2.45, 2.75) is 19.3 Å². The molecule has 0 unspecified atom stereocenters. The quantitative estimate of drug-likeness (QED) is 0.852. The number of likely N-dealkylation sites (N-methyl/N-ethyl adjacent to an activating group) is 1. The Kier molecular flexibility index (Phi) is 4.61. The highest BCUT2D eigenvalue weighted by molar-refractivity contribution is 5.82. The molecule has 0 bridgehead atoms. The Bertz CT molecular complexity index is 502. The van der Waals surface area contributed by atoms with E-state index in [1.54, 1.807) is 11.9 Å². The minimum Gasteiger partial charge on any atom is -0.481 e. The molecule has 5 heteroatoms. The Hall–Kier alpha value is -2.04. The van der Waals surface area contributed by atoms with Gasteiger partial charge in [0.1, 0.15) is 0 Å². The molecule has 0 spiro atoms. The number of anilines is 1. The summed E-state index contributed by atoms with van der Waals surface area (Å²) in [4.78, 5) is 26.3. The van der Waals surface area contributed by atoms with Gasteiger partial charge in [-0.3, -0.25) is 9.59 Å². The molecule has 0 saturated carbocycles. The summed E-state index contributed by atoms with van der Waals surface area (Å²) in [5, 5.41) is 8.59. The van der Waals surface area contributed by atoms with Crippen LogP contribution < -0.4 is 4.90 Å². The number of aliphatic carboxylic acids is 1. The molecule has 0 atom stereocenters. The second-order valence-corrected chi connectivity index (χ2v) is 5.11. The van der Waals surface area contributed by atoms with E-state index in [2.05, 4.69) is 11.0 Å². The number of nitrogens with zero attached hydrogens (tertiary/aromatic N) is 2. The Labute approximate surface area is 118 Å². The van der Waals surface area contributed by atoms with Crippen molar-refractivity contribution in [1.29, 1.82) is 0 Å². The number of fused-ring (bicyclic) bond motifs is 1. The number of carbonyl (C=O) groups is 2. The molecule has 0 aliphatic carbocycles.